The summed E-state index contributed by atoms with van der Waals surface area (Å²) in [6.45, 7) is 4.69. The van der Waals surface area contributed by atoms with Gasteiger partial charge in [0.15, 0.2) is 0 Å². The Hall–Kier alpha value is -0.570. The second-order valence-electron chi connectivity index (χ2n) is 3.51. The largest absolute Gasteiger partial charge is 0.387 e. The van der Waals surface area contributed by atoms with Gasteiger partial charge in [-0.15, -0.1) is 0 Å². The Morgan fingerprint density at radius 2 is 2.08 bits per heavy atom. The van der Waals surface area contributed by atoms with Gasteiger partial charge < -0.3 is 10.0 Å². The number of nitrogens with zero attached hydrogens (tertiary/aromatic N) is 1. The van der Waals surface area contributed by atoms with Crippen molar-refractivity contribution in [3.8, 4) is 0 Å². The molecule has 0 aromatic heterocycles. The van der Waals surface area contributed by atoms with Crippen LogP contribution in [0, 0.1) is 5.92 Å². The molecule has 0 rings (SSSR count). The lowest BCUT2D eigenvalue weighted by atomic mass is 10.1. The third-order valence-corrected chi connectivity index (χ3v) is 1.84. The molecule has 0 unspecified atom stereocenters. The zero-order chi connectivity index (χ0) is 9.56. The molecule has 72 valence electrons. The monoisotopic (exact) mass is 173 g/mol. The number of likely N-dealkylation sites (N-methyl/N-ethyl adjacent to an activating group) is 1. The molecule has 0 aromatic carbocycles. The SMILES string of the molecule is CC(C)CCCN(C)C(=O)CO. The predicted molar refractivity (Wildman–Crippen MR) is 48.8 cm³/mol. The summed E-state index contributed by atoms with van der Waals surface area (Å²) in [5.41, 5.74) is 0. The van der Waals surface area contributed by atoms with Crippen LogP contribution in [0.15, 0.2) is 0 Å². The highest BCUT2D eigenvalue weighted by molar-refractivity contribution is 5.76. The number of amides is 1. The number of carbonyl (C=O) groups is 1. The first kappa shape index (κ1) is 11.4. The molecule has 0 aliphatic carbocycles. The molecule has 0 aromatic rings. The summed E-state index contributed by atoms with van der Waals surface area (Å²) in [5, 5.41) is 8.52. The van der Waals surface area contributed by atoms with Crippen molar-refractivity contribution in [1.29, 1.82) is 0 Å². The molecule has 0 saturated carbocycles. The summed E-state index contributed by atoms with van der Waals surface area (Å²) in [6.07, 6.45) is 2.14. The van der Waals surface area contributed by atoms with E-state index >= 15 is 0 Å². The minimum absolute atomic E-state index is 0.196. The van der Waals surface area contributed by atoms with E-state index < -0.39 is 0 Å². The first-order valence-corrected chi connectivity index (χ1v) is 4.42. The summed E-state index contributed by atoms with van der Waals surface area (Å²) in [5.74, 6) is 0.487. The van der Waals surface area contributed by atoms with Crippen molar-refractivity contribution in [3.05, 3.63) is 0 Å². The molecule has 0 saturated heterocycles. The van der Waals surface area contributed by atoms with Crippen molar-refractivity contribution in [3.63, 3.8) is 0 Å². The van der Waals surface area contributed by atoms with Gasteiger partial charge in [-0.05, 0) is 18.8 Å². The number of hydrogen-bond donors (Lipinski definition) is 1. The Balaban J connectivity index is 3.43. The number of rotatable bonds is 5. The maximum Gasteiger partial charge on any atom is 0.248 e. The summed E-state index contributed by atoms with van der Waals surface area (Å²) >= 11 is 0. The highest BCUT2D eigenvalue weighted by Crippen LogP contribution is 2.03. The Morgan fingerprint density at radius 1 is 1.50 bits per heavy atom. The molecular formula is C9H19NO2. The smallest absolute Gasteiger partial charge is 0.248 e. The Kier molecular flexibility index (Phi) is 5.72. The molecule has 0 fully saturated rings. The van der Waals surface area contributed by atoms with Crippen LogP contribution in [-0.2, 0) is 4.79 Å². The van der Waals surface area contributed by atoms with Crippen LogP contribution < -0.4 is 0 Å². The van der Waals surface area contributed by atoms with Crippen LogP contribution in [0.4, 0.5) is 0 Å². The summed E-state index contributed by atoms with van der Waals surface area (Å²) in [7, 11) is 1.72. The fourth-order valence-corrected chi connectivity index (χ4v) is 0.982. The van der Waals surface area contributed by atoms with Crippen molar-refractivity contribution in [2.24, 2.45) is 5.92 Å². The minimum Gasteiger partial charge on any atom is -0.387 e. The van der Waals surface area contributed by atoms with Crippen LogP contribution in [0.25, 0.3) is 0 Å². The quantitative estimate of drug-likeness (QED) is 0.670. The average molecular weight is 173 g/mol. The minimum atomic E-state index is -0.377. The maximum absolute atomic E-state index is 10.9. The van der Waals surface area contributed by atoms with Crippen molar-refractivity contribution in [2.45, 2.75) is 26.7 Å². The molecule has 1 N–H and O–H groups in total. The van der Waals surface area contributed by atoms with E-state index in [4.69, 9.17) is 5.11 Å². The normalized spacial score (nSPS) is 10.4. The van der Waals surface area contributed by atoms with Crippen molar-refractivity contribution >= 4 is 5.91 Å². The highest BCUT2D eigenvalue weighted by Gasteiger charge is 2.05. The molecule has 0 aliphatic heterocycles. The standard InChI is InChI=1S/C9H19NO2/c1-8(2)5-4-6-10(3)9(12)7-11/h8,11H,4-7H2,1-3H3. The molecule has 1 amide bonds. The maximum atomic E-state index is 10.9. The number of hydrogen-bond acceptors (Lipinski definition) is 2. The third kappa shape index (κ3) is 5.13. The van der Waals surface area contributed by atoms with Crippen LogP contribution in [0.3, 0.4) is 0 Å². The zero-order valence-electron chi connectivity index (χ0n) is 8.21. The van der Waals surface area contributed by atoms with Crippen molar-refractivity contribution in [2.75, 3.05) is 20.2 Å². The Labute approximate surface area is 74.4 Å². The lowest BCUT2D eigenvalue weighted by molar-refractivity contribution is -0.132. The van der Waals surface area contributed by atoms with Gasteiger partial charge in [-0.25, -0.2) is 0 Å². The van der Waals surface area contributed by atoms with E-state index in [0.29, 0.717) is 5.92 Å². The third-order valence-electron chi connectivity index (χ3n) is 1.84. The van der Waals surface area contributed by atoms with Crippen LogP contribution >= 0.6 is 0 Å². The number of aliphatic hydroxyl groups excluding tert-OH is 1. The lowest BCUT2D eigenvalue weighted by Crippen LogP contribution is -2.30. The van der Waals surface area contributed by atoms with Crippen LogP contribution in [0.5, 0.6) is 0 Å². The number of aliphatic hydroxyl groups is 1. The van der Waals surface area contributed by atoms with E-state index in [-0.39, 0.29) is 12.5 Å². The zero-order valence-corrected chi connectivity index (χ0v) is 8.21. The fraction of sp³-hybridized carbons (Fsp3) is 0.889. The van der Waals surface area contributed by atoms with E-state index in [2.05, 4.69) is 13.8 Å². The van der Waals surface area contributed by atoms with E-state index in [9.17, 15) is 4.79 Å². The summed E-state index contributed by atoms with van der Waals surface area (Å²) in [6, 6.07) is 0. The second kappa shape index (κ2) is 6.00. The molecule has 3 nitrogen and oxygen atoms in total. The Morgan fingerprint density at radius 3 is 2.50 bits per heavy atom. The van der Waals surface area contributed by atoms with Gasteiger partial charge in [-0.3, -0.25) is 4.79 Å². The predicted octanol–water partition coefficient (Wildman–Crippen LogP) is 0.873. The molecule has 0 atom stereocenters. The van der Waals surface area contributed by atoms with Gasteiger partial charge in [0.1, 0.15) is 6.61 Å². The molecule has 0 aliphatic rings. The number of carbonyl (C=O) groups excluding carboxylic acids is 1. The molecule has 0 radical (unpaired) electrons. The van der Waals surface area contributed by atoms with Crippen LogP contribution in [0.1, 0.15) is 26.7 Å². The van der Waals surface area contributed by atoms with E-state index in [0.717, 1.165) is 19.4 Å². The highest BCUT2D eigenvalue weighted by atomic mass is 16.3. The fourth-order valence-electron chi connectivity index (χ4n) is 0.982. The molecule has 3 heteroatoms. The van der Waals surface area contributed by atoms with Gasteiger partial charge in [0.05, 0.1) is 0 Å². The second-order valence-corrected chi connectivity index (χ2v) is 3.51. The van der Waals surface area contributed by atoms with E-state index in [1.807, 2.05) is 0 Å². The van der Waals surface area contributed by atoms with E-state index in [1.54, 1.807) is 11.9 Å². The summed E-state index contributed by atoms with van der Waals surface area (Å²) in [4.78, 5) is 12.4. The van der Waals surface area contributed by atoms with Gasteiger partial charge in [-0.1, -0.05) is 13.8 Å². The van der Waals surface area contributed by atoms with Gasteiger partial charge in [0, 0.05) is 13.6 Å². The van der Waals surface area contributed by atoms with Crippen molar-refractivity contribution < 1.29 is 9.90 Å². The Bertz CT molecular complexity index is 134. The van der Waals surface area contributed by atoms with Gasteiger partial charge in [-0.2, -0.15) is 0 Å². The van der Waals surface area contributed by atoms with Gasteiger partial charge in [0.2, 0.25) is 5.91 Å². The molecular weight excluding hydrogens is 154 g/mol. The first-order chi connectivity index (χ1) is 5.57. The molecule has 0 spiro atoms. The molecule has 0 heterocycles. The summed E-state index contributed by atoms with van der Waals surface area (Å²) < 4.78 is 0. The first-order valence-electron chi connectivity index (χ1n) is 4.42. The van der Waals surface area contributed by atoms with Crippen molar-refractivity contribution in [1.82, 2.24) is 4.90 Å². The van der Waals surface area contributed by atoms with Crippen LogP contribution in [0.2, 0.25) is 0 Å². The van der Waals surface area contributed by atoms with Gasteiger partial charge in [0.25, 0.3) is 0 Å². The molecule has 0 bridgehead atoms. The molecule has 12 heavy (non-hydrogen) atoms. The topological polar surface area (TPSA) is 40.5 Å². The average Bonchev–Trinajstić information content (AvgIpc) is 2.02. The lowest BCUT2D eigenvalue weighted by Gasteiger charge is -2.15. The van der Waals surface area contributed by atoms with Gasteiger partial charge >= 0.3 is 0 Å². The van der Waals surface area contributed by atoms with E-state index in [1.165, 1.54) is 0 Å². The van der Waals surface area contributed by atoms with Crippen LogP contribution in [-0.4, -0.2) is 36.1 Å².